The maximum atomic E-state index is 13.0. The number of halogens is 1. The van der Waals surface area contributed by atoms with Crippen LogP contribution in [0.3, 0.4) is 0 Å². The van der Waals surface area contributed by atoms with Crippen LogP contribution in [-0.2, 0) is 6.42 Å². The van der Waals surface area contributed by atoms with E-state index in [-0.39, 0.29) is 11.1 Å². The Morgan fingerprint density at radius 3 is 2.33 bits per heavy atom. The van der Waals surface area contributed by atoms with Crippen LogP contribution in [0.5, 0.6) is 0 Å². The van der Waals surface area contributed by atoms with Gasteiger partial charge in [-0.3, -0.25) is 0 Å². The summed E-state index contributed by atoms with van der Waals surface area (Å²) in [7, 11) is 0. The van der Waals surface area contributed by atoms with Crippen molar-refractivity contribution < 1.29 is 4.39 Å². The van der Waals surface area contributed by atoms with Gasteiger partial charge in [0.15, 0.2) is 0 Å². The van der Waals surface area contributed by atoms with Gasteiger partial charge in [0.05, 0.1) is 0 Å². The van der Waals surface area contributed by atoms with Gasteiger partial charge in [-0.2, -0.15) is 0 Å². The Labute approximate surface area is 128 Å². The van der Waals surface area contributed by atoms with E-state index in [0.717, 1.165) is 29.8 Å². The SMILES string of the molecule is NC1=C(Cc2ccc(N)cc2)SC(c2ccc(F)cc2)C1. The summed E-state index contributed by atoms with van der Waals surface area (Å²) in [5.41, 5.74) is 15.9. The van der Waals surface area contributed by atoms with Crippen molar-refractivity contribution >= 4 is 17.4 Å². The summed E-state index contributed by atoms with van der Waals surface area (Å²) in [5.74, 6) is -0.204. The lowest BCUT2D eigenvalue weighted by molar-refractivity contribution is 0.627. The summed E-state index contributed by atoms with van der Waals surface area (Å²) in [6.45, 7) is 0. The third kappa shape index (κ3) is 3.22. The van der Waals surface area contributed by atoms with E-state index < -0.39 is 0 Å². The lowest BCUT2D eigenvalue weighted by atomic mass is 10.1. The molecule has 21 heavy (non-hydrogen) atoms. The molecule has 1 aliphatic rings. The molecule has 2 aromatic rings. The number of nitrogens with two attached hydrogens (primary N) is 2. The van der Waals surface area contributed by atoms with Crippen molar-refractivity contribution in [3.63, 3.8) is 0 Å². The maximum absolute atomic E-state index is 13.0. The Hall–Kier alpha value is -1.94. The van der Waals surface area contributed by atoms with Gasteiger partial charge in [-0.15, -0.1) is 11.8 Å². The van der Waals surface area contributed by atoms with Crippen LogP contribution in [0.25, 0.3) is 0 Å². The molecule has 0 amide bonds. The molecule has 0 aliphatic carbocycles. The molecule has 1 unspecified atom stereocenters. The van der Waals surface area contributed by atoms with Crippen molar-refractivity contribution in [1.29, 1.82) is 0 Å². The number of anilines is 1. The predicted molar refractivity (Wildman–Crippen MR) is 87.1 cm³/mol. The lowest BCUT2D eigenvalue weighted by Gasteiger charge is -2.10. The first kappa shape index (κ1) is 14.0. The van der Waals surface area contributed by atoms with E-state index in [4.69, 9.17) is 11.5 Å². The van der Waals surface area contributed by atoms with Crippen molar-refractivity contribution in [2.45, 2.75) is 18.1 Å². The summed E-state index contributed by atoms with van der Waals surface area (Å²) in [5, 5.41) is 0.286. The number of thioether (sulfide) groups is 1. The molecule has 0 radical (unpaired) electrons. The lowest BCUT2D eigenvalue weighted by Crippen LogP contribution is -1.99. The molecular formula is C17H17FN2S. The van der Waals surface area contributed by atoms with Crippen LogP contribution >= 0.6 is 11.8 Å². The van der Waals surface area contributed by atoms with Crippen LogP contribution in [0.1, 0.15) is 22.8 Å². The molecule has 1 atom stereocenters. The van der Waals surface area contributed by atoms with Crippen molar-refractivity contribution in [2.75, 3.05) is 5.73 Å². The van der Waals surface area contributed by atoms with Gasteiger partial charge in [-0.25, -0.2) is 4.39 Å². The standard InChI is InChI=1S/C17H17FN2S/c18-13-5-3-12(4-6-13)16-10-15(20)17(21-16)9-11-1-7-14(19)8-2-11/h1-8,16H,9-10,19-20H2. The largest absolute Gasteiger partial charge is 0.401 e. The van der Waals surface area contributed by atoms with Crippen LogP contribution < -0.4 is 11.5 Å². The van der Waals surface area contributed by atoms with E-state index >= 15 is 0 Å². The monoisotopic (exact) mass is 300 g/mol. The highest BCUT2D eigenvalue weighted by Gasteiger charge is 2.24. The first-order valence-electron chi connectivity index (χ1n) is 6.86. The van der Waals surface area contributed by atoms with Crippen molar-refractivity contribution in [3.05, 3.63) is 76.1 Å². The Balaban J connectivity index is 1.71. The average molecular weight is 300 g/mol. The predicted octanol–water partition coefficient (Wildman–Crippen LogP) is 4.00. The van der Waals surface area contributed by atoms with Crippen LogP contribution in [0.4, 0.5) is 10.1 Å². The summed E-state index contributed by atoms with van der Waals surface area (Å²) in [6.07, 6.45) is 1.65. The zero-order chi connectivity index (χ0) is 14.8. The van der Waals surface area contributed by atoms with Crippen molar-refractivity contribution in [2.24, 2.45) is 5.73 Å². The van der Waals surface area contributed by atoms with E-state index in [1.54, 1.807) is 11.8 Å². The van der Waals surface area contributed by atoms with E-state index in [2.05, 4.69) is 0 Å². The smallest absolute Gasteiger partial charge is 0.123 e. The molecule has 0 aromatic heterocycles. The second-order valence-corrected chi connectivity index (χ2v) is 6.53. The molecule has 2 aromatic carbocycles. The number of allylic oxidation sites excluding steroid dienone is 2. The normalized spacial score (nSPS) is 18.2. The van der Waals surface area contributed by atoms with Crippen LogP contribution in [-0.4, -0.2) is 0 Å². The second kappa shape index (κ2) is 5.82. The molecular weight excluding hydrogens is 283 g/mol. The highest BCUT2D eigenvalue weighted by Crippen LogP contribution is 2.47. The number of nitrogen functional groups attached to an aromatic ring is 1. The van der Waals surface area contributed by atoms with Crippen LogP contribution in [0, 0.1) is 5.82 Å². The zero-order valence-corrected chi connectivity index (χ0v) is 12.4. The highest BCUT2D eigenvalue weighted by atomic mass is 32.2. The summed E-state index contributed by atoms with van der Waals surface area (Å²) in [4.78, 5) is 1.20. The molecule has 0 fully saturated rings. The number of hydrogen-bond donors (Lipinski definition) is 2. The topological polar surface area (TPSA) is 52.0 Å². The number of hydrogen-bond acceptors (Lipinski definition) is 3. The van der Waals surface area contributed by atoms with Gasteiger partial charge in [-0.1, -0.05) is 24.3 Å². The molecule has 1 heterocycles. The van der Waals surface area contributed by atoms with Gasteiger partial charge in [0.1, 0.15) is 5.82 Å². The van der Waals surface area contributed by atoms with Gasteiger partial charge in [0.2, 0.25) is 0 Å². The molecule has 1 aliphatic heterocycles. The number of benzene rings is 2. The third-order valence-corrected chi connectivity index (χ3v) is 5.05. The second-order valence-electron chi connectivity index (χ2n) is 5.23. The molecule has 4 heteroatoms. The minimum atomic E-state index is -0.204. The maximum Gasteiger partial charge on any atom is 0.123 e. The van der Waals surface area contributed by atoms with Crippen molar-refractivity contribution in [3.8, 4) is 0 Å². The molecule has 0 spiro atoms. The van der Waals surface area contributed by atoms with Gasteiger partial charge >= 0.3 is 0 Å². The van der Waals surface area contributed by atoms with E-state index in [1.807, 2.05) is 36.4 Å². The molecule has 4 N–H and O–H groups in total. The van der Waals surface area contributed by atoms with Crippen LogP contribution in [0.15, 0.2) is 59.1 Å². The first-order chi connectivity index (χ1) is 10.1. The van der Waals surface area contributed by atoms with E-state index in [9.17, 15) is 4.39 Å². The Morgan fingerprint density at radius 1 is 1.00 bits per heavy atom. The molecule has 2 nitrogen and oxygen atoms in total. The first-order valence-corrected chi connectivity index (χ1v) is 7.74. The van der Waals surface area contributed by atoms with Crippen LogP contribution in [0.2, 0.25) is 0 Å². The van der Waals surface area contributed by atoms with Gasteiger partial charge < -0.3 is 11.5 Å². The van der Waals surface area contributed by atoms with Gasteiger partial charge in [0, 0.05) is 34.4 Å². The number of rotatable bonds is 3. The quantitative estimate of drug-likeness (QED) is 0.842. The minimum Gasteiger partial charge on any atom is -0.401 e. The fraction of sp³-hybridized carbons (Fsp3) is 0.176. The molecule has 3 rings (SSSR count). The third-order valence-electron chi connectivity index (χ3n) is 3.63. The fourth-order valence-corrected chi connectivity index (χ4v) is 3.83. The van der Waals surface area contributed by atoms with Gasteiger partial charge in [0.25, 0.3) is 0 Å². The van der Waals surface area contributed by atoms with Crippen molar-refractivity contribution in [1.82, 2.24) is 0 Å². The molecule has 0 saturated carbocycles. The minimum absolute atomic E-state index is 0.204. The molecule has 0 bridgehead atoms. The summed E-state index contributed by atoms with van der Waals surface area (Å²) in [6, 6.07) is 14.6. The van der Waals surface area contributed by atoms with Gasteiger partial charge in [-0.05, 0) is 35.4 Å². The van der Waals surface area contributed by atoms with E-state index in [1.165, 1.54) is 22.6 Å². The molecule has 0 saturated heterocycles. The highest BCUT2D eigenvalue weighted by molar-refractivity contribution is 8.03. The zero-order valence-electron chi connectivity index (χ0n) is 11.6. The average Bonchev–Trinajstić information content (AvgIpc) is 2.83. The summed E-state index contributed by atoms with van der Waals surface area (Å²) >= 11 is 1.78. The Morgan fingerprint density at radius 2 is 1.67 bits per heavy atom. The van der Waals surface area contributed by atoms with E-state index in [0.29, 0.717) is 0 Å². The Bertz CT molecular complexity index is 662. The fourth-order valence-electron chi connectivity index (χ4n) is 2.44. The molecule has 108 valence electrons. The summed E-state index contributed by atoms with van der Waals surface area (Å²) < 4.78 is 13.0. The Kier molecular flexibility index (Phi) is 3.88.